The summed E-state index contributed by atoms with van der Waals surface area (Å²) in [7, 11) is 0. The van der Waals surface area contributed by atoms with Gasteiger partial charge >= 0.3 is 17.3 Å². The van der Waals surface area contributed by atoms with E-state index in [1.807, 2.05) is 30.3 Å². The number of aromatic amines is 1. The van der Waals surface area contributed by atoms with Gasteiger partial charge in [-0.25, -0.2) is 9.59 Å². The molecule has 140 valence electrons. The van der Waals surface area contributed by atoms with Crippen molar-refractivity contribution in [3.8, 4) is 0 Å². The second kappa shape index (κ2) is 6.99. The Morgan fingerprint density at radius 1 is 1.07 bits per heavy atom. The first-order valence-electron chi connectivity index (χ1n) is 8.41. The van der Waals surface area contributed by atoms with Gasteiger partial charge in [0.2, 0.25) is 0 Å². The van der Waals surface area contributed by atoms with Crippen LogP contribution in [0.25, 0.3) is 21.7 Å². The summed E-state index contributed by atoms with van der Waals surface area (Å²) in [5.41, 5.74) is -0.907. The van der Waals surface area contributed by atoms with Crippen molar-refractivity contribution in [3.63, 3.8) is 0 Å². The van der Waals surface area contributed by atoms with Crippen molar-refractivity contribution in [3.05, 3.63) is 91.5 Å². The van der Waals surface area contributed by atoms with Crippen molar-refractivity contribution in [2.45, 2.75) is 13.2 Å². The Morgan fingerprint density at radius 2 is 1.89 bits per heavy atom. The number of hydrogen-bond donors (Lipinski definition) is 1. The van der Waals surface area contributed by atoms with Gasteiger partial charge in [-0.05, 0) is 16.8 Å². The molecule has 28 heavy (non-hydrogen) atoms. The van der Waals surface area contributed by atoms with Crippen LogP contribution < -0.4 is 16.9 Å². The van der Waals surface area contributed by atoms with E-state index in [4.69, 9.17) is 9.15 Å². The second-order valence-corrected chi connectivity index (χ2v) is 6.15. The smallest absolute Gasteiger partial charge is 0.336 e. The van der Waals surface area contributed by atoms with Crippen LogP contribution in [0.1, 0.15) is 5.56 Å². The Morgan fingerprint density at radius 3 is 2.71 bits per heavy atom. The van der Waals surface area contributed by atoms with Crippen LogP contribution in [0.2, 0.25) is 0 Å². The Balaban J connectivity index is 1.65. The Bertz CT molecular complexity index is 1380. The number of ether oxygens (including phenoxy) is 1. The highest BCUT2D eigenvalue weighted by Gasteiger charge is 2.12. The number of benzene rings is 2. The number of fused-ring (bicyclic) bond motifs is 3. The van der Waals surface area contributed by atoms with Gasteiger partial charge in [0, 0.05) is 29.3 Å². The van der Waals surface area contributed by atoms with E-state index in [1.54, 1.807) is 6.07 Å². The molecule has 0 aliphatic heterocycles. The van der Waals surface area contributed by atoms with Crippen LogP contribution in [0.3, 0.4) is 0 Å². The van der Waals surface area contributed by atoms with Crippen molar-refractivity contribution in [2.75, 3.05) is 0 Å². The summed E-state index contributed by atoms with van der Waals surface area (Å²) in [5, 5.41) is 2.51. The monoisotopic (exact) mass is 378 g/mol. The number of carbonyl (C=O) groups is 1. The molecule has 0 aliphatic rings. The molecule has 8 nitrogen and oxygen atoms in total. The predicted octanol–water partition coefficient (Wildman–Crippen LogP) is 1.54. The fraction of sp³-hybridized carbons (Fsp3) is 0.100. The quantitative estimate of drug-likeness (QED) is 0.328. The molecule has 0 saturated heterocycles. The average Bonchev–Trinajstić information content (AvgIpc) is 2.68. The maximum Gasteiger partial charge on any atom is 0.336 e. The molecule has 4 aromatic rings. The van der Waals surface area contributed by atoms with Crippen molar-refractivity contribution in [1.29, 1.82) is 0 Å². The number of H-pyrrole nitrogens is 1. The van der Waals surface area contributed by atoms with Gasteiger partial charge < -0.3 is 9.15 Å². The van der Waals surface area contributed by atoms with Crippen LogP contribution in [0.15, 0.2) is 73.5 Å². The van der Waals surface area contributed by atoms with Crippen molar-refractivity contribution < 1.29 is 13.9 Å². The van der Waals surface area contributed by atoms with Crippen LogP contribution in [-0.4, -0.2) is 15.5 Å². The van der Waals surface area contributed by atoms with E-state index in [2.05, 4.69) is 4.98 Å². The fourth-order valence-corrected chi connectivity index (χ4v) is 3.05. The minimum Gasteiger partial charge on any atom is -0.459 e. The van der Waals surface area contributed by atoms with Crippen LogP contribution in [0.5, 0.6) is 0 Å². The van der Waals surface area contributed by atoms with Gasteiger partial charge in [0.05, 0.1) is 0 Å². The molecule has 0 spiro atoms. The third kappa shape index (κ3) is 3.35. The highest BCUT2D eigenvalue weighted by atomic mass is 16.5. The second-order valence-electron chi connectivity index (χ2n) is 6.15. The molecule has 1 N–H and O–H groups in total. The highest BCUT2D eigenvalue weighted by Crippen LogP contribution is 2.27. The summed E-state index contributed by atoms with van der Waals surface area (Å²) in [6.45, 7) is -0.525. The summed E-state index contributed by atoms with van der Waals surface area (Å²) in [5.74, 6) is -0.684. The Hall–Kier alpha value is -3.94. The zero-order valence-electron chi connectivity index (χ0n) is 14.5. The van der Waals surface area contributed by atoms with Gasteiger partial charge in [0.15, 0.2) is 0 Å². The molecular weight excluding hydrogens is 364 g/mol. The van der Waals surface area contributed by atoms with E-state index < -0.39 is 22.8 Å². The number of carbonyl (C=O) groups excluding carboxylic acids is 1. The molecule has 2 aromatic heterocycles. The molecule has 0 aliphatic carbocycles. The molecule has 2 heterocycles. The minimum atomic E-state index is -0.707. The number of rotatable bonds is 4. The molecule has 0 bridgehead atoms. The first kappa shape index (κ1) is 17.5. The third-order valence-electron chi connectivity index (χ3n) is 4.30. The molecule has 8 heteroatoms. The molecule has 0 saturated carbocycles. The Labute approximate surface area is 156 Å². The average molecular weight is 378 g/mol. The van der Waals surface area contributed by atoms with Crippen LogP contribution in [0.4, 0.5) is 0 Å². The van der Waals surface area contributed by atoms with E-state index in [0.29, 0.717) is 16.5 Å². The molecule has 0 radical (unpaired) electrons. The lowest BCUT2D eigenvalue weighted by atomic mass is 10.0. The van der Waals surface area contributed by atoms with E-state index in [-0.39, 0.29) is 13.2 Å². The van der Waals surface area contributed by atoms with E-state index >= 15 is 0 Å². The predicted molar refractivity (Wildman–Crippen MR) is 101 cm³/mol. The lowest BCUT2D eigenvalue weighted by Gasteiger charge is -2.10. The first-order valence-corrected chi connectivity index (χ1v) is 8.41. The normalized spacial score (nSPS) is 11.0. The third-order valence-corrected chi connectivity index (χ3v) is 4.30. The van der Waals surface area contributed by atoms with Crippen LogP contribution >= 0.6 is 0 Å². The van der Waals surface area contributed by atoms with E-state index in [1.165, 1.54) is 12.3 Å². The molecule has 0 unspecified atom stereocenters. The first-order chi connectivity index (χ1) is 13.5. The van der Waals surface area contributed by atoms with E-state index in [0.717, 1.165) is 21.4 Å². The number of hydrogen-bond acceptors (Lipinski definition) is 6. The zero-order valence-corrected chi connectivity index (χ0v) is 14.5. The van der Waals surface area contributed by atoms with E-state index in [9.17, 15) is 19.2 Å². The van der Waals surface area contributed by atoms with Crippen molar-refractivity contribution >= 4 is 27.7 Å². The highest BCUT2D eigenvalue weighted by molar-refractivity contribution is 6.07. The van der Waals surface area contributed by atoms with Crippen LogP contribution in [0, 0.1) is 0 Å². The van der Waals surface area contributed by atoms with Gasteiger partial charge in [0.1, 0.15) is 18.7 Å². The summed E-state index contributed by atoms with van der Waals surface area (Å²) >= 11 is 0. The lowest BCUT2D eigenvalue weighted by Crippen LogP contribution is -2.31. The molecule has 0 amide bonds. The maximum atomic E-state index is 12.1. The number of nitrogens with one attached hydrogen (secondary N) is 1. The van der Waals surface area contributed by atoms with Crippen LogP contribution in [-0.2, 0) is 22.7 Å². The Kier molecular flexibility index (Phi) is 4.36. The number of nitrogens with zero attached hydrogens (tertiary/aromatic N) is 1. The largest absolute Gasteiger partial charge is 0.459 e. The van der Waals surface area contributed by atoms with Gasteiger partial charge in [0.25, 0.3) is 5.56 Å². The van der Waals surface area contributed by atoms with Gasteiger partial charge in [-0.2, -0.15) is 0 Å². The van der Waals surface area contributed by atoms with Crippen molar-refractivity contribution in [1.82, 2.24) is 9.55 Å². The zero-order chi connectivity index (χ0) is 19.7. The van der Waals surface area contributed by atoms with Gasteiger partial charge in [-0.1, -0.05) is 30.3 Å². The van der Waals surface area contributed by atoms with Gasteiger partial charge in [-0.3, -0.25) is 19.1 Å². The molecule has 4 rings (SSSR count). The molecular formula is C20H14N2O6. The van der Waals surface area contributed by atoms with Crippen molar-refractivity contribution in [2.24, 2.45) is 0 Å². The lowest BCUT2D eigenvalue weighted by molar-refractivity contribution is -0.145. The molecule has 0 fully saturated rings. The summed E-state index contributed by atoms with van der Waals surface area (Å²) < 4.78 is 11.5. The number of esters is 1. The minimum absolute atomic E-state index is 0.160. The maximum absolute atomic E-state index is 12.1. The summed E-state index contributed by atoms with van der Waals surface area (Å²) in [6, 6.07) is 13.6. The molecule has 2 aromatic carbocycles. The fourth-order valence-electron chi connectivity index (χ4n) is 3.05. The number of aromatic nitrogens is 2. The van der Waals surface area contributed by atoms with Gasteiger partial charge in [-0.15, -0.1) is 0 Å². The SMILES string of the molecule is O=C(Cn1ccc(=O)[nH]c1=O)OCc1cc(=O)oc2ccc3ccccc3c12. The summed E-state index contributed by atoms with van der Waals surface area (Å²) in [6.07, 6.45) is 1.21. The standard InChI is InChI=1S/C20H14N2O6/c23-16-7-8-22(20(26)21-16)10-18(25)27-11-13-9-17(24)28-15-6-5-12-3-1-2-4-14(12)19(13)15/h1-9H,10-11H2,(H,21,23,26). The molecule has 0 atom stereocenters. The summed E-state index contributed by atoms with van der Waals surface area (Å²) in [4.78, 5) is 48.8. The topological polar surface area (TPSA) is 111 Å².